The van der Waals surface area contributed by atoms with Crippen LogP contribution in [0.5, 0.6) is 0 Å². The summed E-state index contributed by atoms with van der Waals surface area (Å²) in [5.74, 6) is 0.492. The Balaban J connectivity index is 1.99. The standard InChI is InChI=1S/C11H19ClO2/c12-9-4-2-8(3-5-9)11(10(13)14)6-1-7-11/h8-10,13-14H,1-7H2. The van der Waals surface area contributed by atoms with Crippen LogP contribution >= 0.6 is 11.6 Å². The SMILES string of the molecule is OC(O)C1(C2CCC(Cl)CC2)CCC1. The Labute approximate surface area is 90.3 Å². The summed E-state index contributed by atoms with van der Waals surface area (Å²) in [4.78, 5) is 0. The first-order valence-electron chi connectivity index (χ1n) is 5.65. The Kier molecular flexibility index (Phi) is 3.06. The van der Waals surface area contributed by atoms with Gasteiger partial charge in [0, 0.05) is 10.8 Å². The summed E-state index contributed by atoms with van der Waals surface area (Å²) in [5.41, 5.74) is -0.170. The van der Waals surface area contributed by atoms with E-state index in [2.05, 4.69) is 0 Å². The van der Waals surface area contributed by atoms with Crippen LogP contribution in [0, 0.1) is 11.3 Å². The minimum atomic E-state index is -1.12. The molecular weight excluding hydrogens is 200 g/mol. The normalized spacial score (nSPS) is 36.9. The Morgan fingerprint density at radius 1 is 1.07 bits per heavy atom. The van der Waals surface area contributed by atoms with Crippen LogP contribution in [0.2, 0.25) is 0 Å². The van der Waals surface area contributed by atoms with E-state index in [4.69, 9.17) is 11.6 Å². The number of aliphatic hydroxyl groups excluding tert-OH is 1. The largest absolute Gasteiger partial charge is 0.368 e. The molecule has 0 unspecified atom stereocenters. The van der Waals surface area contributed by atoms with Gasteiger partial charge in [0.2, 0.25) is 0 Å². The van der Waals surface area contributed by atoms with Crippen LogP contribution in [0.25, 0.3) is 0 Å². The Morgan fingerprint density at radius 2 is 1.64 bits per heavy atom. The lowest BCUT2D eigenvalue weighted by Gasteiger charge is -2.50. The van der Waals surface area contributed by atoms with Crippen molar-refractivity contribution in [2.24, 2.45) is 11.3 Å². The zero-order valence-corrected chi connectivity index (χ0v) is 9.21. The number of aliphatic hydroxyl groups is 2. The van der Waals surface area contributed by atoms with Gasteiger partial charge < -0.3 is 10.2 Å². The van der Waals surface area contributed by atoms with Crippen LogP contribution in [0.15, 0.2) is 0 Å². The van der Waals surface area contributed by atoms with Crippen molar-refractivity contribution >= 4 is 11.6 Å². The minimum Gasteiger partial charge on any atom is -0.368 e. The van der Waals surface area contributed by atoms with Gasteiger partial charge in [0.1, 0.15) is 0 Å². The lowest BCUT2D eigenvalue weighted by molar-refractivity contribution is -0.197. The van der Waals surface area contributed by atoms with Crippen molar-refractivity contribution in [2.75, 3.05) is 0 Å². The highest BCUT2D eigenvalue weighted by Crippen LogP contribution is 2.54. The fraction of sp³-hybridized carbons (Fsp3) is 1.00. The molecule has 0 spiro atoms. The summed E-state index contributed by atoms with van der Waals surface area (Å²) in [6, 6.07) is 0. The maximum atomic E-state index is 9.46. The van der Waals surface area contributed by atoms with Crippen molar-refractivity contribution in [3.05, 3.63) is 0 Å². The van der Waals surface area contributed by atoms with E-state index >= 15 is 0 Å². The third-order valence-corrected chi connectivity index (χ3v) is 4.70. The van der Waals surface area contributed by atoms with Gasteiger partial charge in [0.15, 0.2) is 6.29 Å². The molecule has 2 nitrogen and oxygen atoms in total. The molecule has 0 heterocycles. The van der Waals surface area contributed by atoms with Crippen LogP contribution in [0.4, 0.5) is 0 Å². The van der Waals surface area contributed by atoms with Crippen LogP contribution in [0.3, 0.4) is 0 Å². The molecule has 0 radical (unpaired) electrons. The predicted molar refractivity (Wildman–Crippen MR) is 56.1 cm³/mol. The maximum Gasteiger partial charge on any atom is 0.157 e. The zero-order valence-electron chi connectivity index (χ0n) is 8.45. The average Bonchev–Trinajstić information content (AvgIpc) is 2.05. The van der Waals surface area contributed by atoms with Crippen molar-refractivity contribution in [1.29, 1.82) is 0 Å². The first-order chi connectivity index (χ1) is 6.65. The first kappa shape index (κ1) is 10.7. The number of hydrogen-bond donors (Lipinski definition) is 2. The summed E-state index contributed by atoms with van der Waals surface area (Å²) >= 11 is 6.05. The molecule has 2 saturated carbocycles. The van der Waals surface area contributed by atoms with Crippen molar-refractivity contribution in [3.63, 3.8) is 0 Å². The summed E-state index contributed by atoms with van der Waals surface area (Å²) in [6.45, 7) is 0. The lowest BCUT2D eigenvalue weighted by Crippen LogP contribution is -2.48. The third kappa shape index (κ3) is 1.68. The number of alkyl halides is 1. The van der Waals surface area contributed by atoms with E-state index in [-0.39, 0.29) is 5.41 Å². The van der Waals surface area contributed by atoms with E-state index < -0.39 is 6.29 Å². The second-order valence-electron chi connectivity index (χ2n) is 4.91. The van der Waals surface area contributed by atoms with Crippen LogP contribution < -0.4 is 0 Å². The molecule has 3 heteroatoms. The molecule has 0 aromatic carbocycles. The molecule has 2 aliphatic rings. The zero-order chi connectivity index (χ0) is 10.2. The van der Waals surface area contributed by atoms with E-state index in [9.17, 15) is 10.2 Å². The van der Waals surface area contributed by atoms with Crippen molar-refractivity contribution in [1.82, 2.24) is 0 Å². The Hall–Kier alpha value is 0.210. The first-order valence-corrected chi connectivity index (χ1v) is 6.09. The van der Waals surface area contributed by atoms with Crippen LogP contribution in [-0.4, -0.2) is 21.9 Å². The molecule has 0 saturated heterocycles. The van der Waals surface area contributed by atoms with Gasteiger partial charge in [-0.15, -0.1) is 11.6 Å². The van der Waals surface area contributed by atoms with Gasteiger partial charge >= 0.3 is 0 Å². The minimum absolute atomic E-state index is 0.170. The number of hydrogen-bond acceptors (Lipinski definition) is 2. The quantitative estimate of drug-likeness (QED) is 0.552. The molecule has 2 rings (SSSR count). The average molecular weight is 219 g/mol. The van der Waals surface area contributed by atoms with Gasteiger partial charge in [0.25, 0.3) is 0 Å². The second-order valence-corrected chi connectivity index (χ2v) is 5.53. The highest BCUT2D eigenvalue weighted by Gasteiger charge is 2.49. The van der Waals surface area contributed by atoms with Gasteiger partial charge in [-0.25, -0.2) is 0 Å². The van der Waals surface area contributed by atoms with E-state index in [1.807, 2.05) is 0 Å². The molecular formula is C11H19ClO2. The lowest BCUT2D eigenvalue weighted by atomic mass is 9.57. The molecule has 14 heavy (non-hydrogen) atoms. The van der Waals surface area contributed by atoms with Crippen LogP contribution in [0.1, 0.15) is 44.9 Å². The maximum absolute atomic E-state index is 9.46. The van der Waals surface area contributed by atoms with E-state index in [1.165, 1.54) is 0 Å². The fourth-order valence-corrected chi connectivity index (χ4v) is 3.34. The molecule has 2 aliphatic carbocycles. The van der Waals surface area contributed by atoms with Gasteiger partial charge in [-0.2, -0.15) is 0 Å². The summed E-state index contributed by atoms with van der Waals surface area (Å²) < 4.78 is 0. The van der Waals surface area contributed by atoms with Crippen LogP contribution in [-0.2, 0) is 0 Å². The van der Waals surface area contributed by atoms with Gasteiger partial charge in [-0.1, -0.05) is 6.42 Å². The topological polar surface area (TPSA) is 40.5 Å². The highest BCUT2D eigenvalue weighted by atomic mass is 35.5. The molecule has 0 bridgehead atoms. The van der Waals surface area contributed by atoms with Crippen molar-refractivity contribution in [2.45, 2.75) is 56.6 Å². The molecule has 2 fully saturated rings. The van der Waals surface area contributed by atoms with Crippen molar-refractivity contribution < 1.29 is 10.2 Å². The Morgan fingerprint density at radius 3 is 2.00 bits per heavy atom. The predicted octanol–water partition coefficient (Wildman–Crippen LogP) is 2.27. The highest BCUT2D eigenvalue weighted by molar-refractivity contribution is 6.20. The molecule has 82 valence electrons. The van der Waals surface area contributed by atoms with Gasteiger partial charge in [0.05, 0.1) is 0 Å². The summed E-state index contributed by atoms with van der Waals surface area (Å²) in [7, 11) is 0. The van der Waals surface area contributed by atoms with Gasteiger partial charge in [-0.05, 0) is 44.4 Å². The molecule has 0 aromatic heterocycles. The molecule has 0 atom stereocenters. The van der Waals surface area contributed by atoms with Gasteiger partial charge in [-0.3, -0.25) is 0 Å². The molecule has 0 aliphatic heterocycles. The number of halogens is 1. The fourth-order valence-electron chi connectivity index (χ4n) is 3.09. The summed E-state index contributed by atoms with van der Waals surface area (Å²) in [5, 5.41) is 19.2. The van der Waals surface area contributed by atoms with E-state index in [1.54, 1.807) is 0 Å². The Bertz CT molecular complexity index is 193. The smallest absolute Gasteiger partial charge is 0.157 e. The summed E-state index contributed by atoms with van der Waals surface area (Å²) in [6.07, 6.45) is 6.25. The molecule has 2 N–H and O–H groups in total. The van der Waals surface area contributed by atoms with Crippen molar-refractivity contribution in [3.8, 4) is 0 Å². The molecule has 0 amide bonds. The second kappa shape index (κ2) is 3.99. The third-order valence-electron chi connectivity index (χ3n) is 4.27. The molecule has 0 aromatic rings. The van der Waals surface area contributed by atoms with E-state index in [0.717, 1.165) is 44.9 Å². The number of rotatable bonds is 2. The van der Waals surface area contributed by atoms with E-state index in [0.29, 0.717) is 11.3 Å². The monoisotopic (exact) mass is 218 g/mol.